The normalized spacial score (nSPS) is 17.2. The Morgan fingerprint density at radius 3 is 2.93 bits per heavy atom. The number of nitrogens with one attached hydrogen (secondary N) is 2. The minimum atomic E-state index is 0. The van der Waals surface area contributed by atoms with Gasteiger partial charge in [-0.2, -0.15) is 0 Å². The summed E-state index contributed by atoms with van der Waals surface area (Å²) in [5.41, 5.74) is 1.16. The smallest absolute Gasteiger partial charge is 0.191 e. The van der Waals surface area contributed by atoms with Crippen molar-refractivity contribution in [3.05, 3.63) is 40.3 Å². The van der Waals surface area contributed by atoms with E-state index in [0.29, 0.717) is 12.6 Å². The van der Waals surface area contributed by atoms with E-state index in [0.717, 1.165) is 48.3 Å². The molecule has 1 aromatic heterocycles. The fourth-order valence-electron chi connectivity index (χ4n) is 3.24. The Bertz CT molecular complexity index is 751. The number of benzene rings is 1. The summed E-state index contributed by atoms with van der Waals surface area (Å²) >= 11 is 1.71. The van der Waals surface area contributed by atoms with E-state index in [1.807, 2.05) is 25.4 Å². The number of halogens is 1. The number of hydrogen-bond donors (Lipinski definition) is 2. The molecule has 2 aromatic rings. The van der Waals surface area contributed by atoms with Crippen LogP contribution >= 0.6 is 35.3 Å². The van der Waals surface area contributed by atoms with Crippen LogP contribution in [0.5, 0.6) is 5.75 Å². The molecule has 2 N–H and O–H groups in total. The van der Waals surface area contributed by atoms with Gasteiger partial charge in [0.25, 0.3) is 0 Å². The summed E-state index contributed by atoms with van der Waals surface area (Å²) in [6, 6.07) is 8.56. The van der Waals surface area contributed by atoms with Crippen molar-refractivity contribution >= 4 is 47.0 Å². The van der Waals surface area contributed by atoms with E-state index >= 15 is 0 Å². The van der Waals surface area contributed by atoms with Gasteiger partial charge in [0, 0.05) is 37.3 Å². The second-order valence-corrected chi connectivity index (χ2v) is 7.71. The van der Waals surface area contributed by atoms with Gasteiger partial charge in [0.05, 0.1) is 19.3 Å². The highest BCUT2D eigenvalue weighted by molar-refractivity contribution is 14.0. The van der Waals surface area contributed by atoms with Gasteiger partial charge in [-0.05, 0) is 31.9 Å². The van der Waals surface area contributed by atoms with Crippen molar-refractivity contribution < 1.29 is 4.74 Å². The SMILES string of the molecule is CN=C(NCc1ncc(C)s1)NC1CCCN(c2ccccc2OC)C1.I. The van der Waals surface area contributed by atoms with E-state index in [4.69, 9.17) is 4.74 Å². The highest BCUT2D eigenvalue weighted by Crippen LogP contribution is 2.29. The van der Waals surface area contributed by atoms with Crippen molar-refractivity contribution in [1.29, 1.82) is 0 Å². The Morgan fingerprint density at radius 2 is 2.22 bits per heavy atom. The molecule has 1 fully saturated rings. The summed E-state index contributed by atoms with van der Waals surface area (Å²) < 4.78 is 5.52. The lowest BCUT2D eigenvalue weighted by molar-refractivity contribution is 0.408. The molecular weight excluding hydrogens is 473 g/mol. The predicted molar refractivity (Wildman–Crippen MR) is 124 cm³/mol. The van der Waals surface area contributed by atoms with Crippen LogP contribution in [0.15, 0.2) is 35.5 Å². The molecular formula is C19H28IN5OS. The lowest BCUT2D eigenvalue weighted by Crippen LogP contribution is -2.51. The molecule has 148 valence electrons. The fraction of sp³-hybridized carbons (Fsp3) is 0.474. The maximum Gasteiger partial charge on any atom is 0.191 e. The molecule has 6 nitrogen and oxygen atoms in total. The summed E-state index contributed by atoms with van der Waals surface area (Å²) in [6.45, 7) is 4.74. The first-order chi connectivity index (χ1) is 12.7. The number of nitrogens with zero attached hydrogens (tertiary/aromatic N) is 3. The average molecular weight is 501 g/mol. The Hall–Kier alpha value is -1.55. The van der Waals surface area contributed by atoms with E-state index in [1.165, 1.54) is 4.88 Å². The van der Waals surface area contributed by atoms with Gasteiger partial charge >= 0.3 is 0 Å². The summed E-state index contributed by atoms with van der Waals surface area (Å²) in [7, 11) is 3.54. The van der Waals surface area contributed by atoms with Crippen LogP contribution in [-0.2, 0) is 6.54 Å². The van der Waals surface area contributed by atoms with Crippen molar-refractivity contribution in [2.75, 3.05) is 32.1 Å². The first-order valence-corrected chi connectivity index (χ1v) is 9.77. The Labute approximate surface area is 182 Å². The number of thiazole rings is 1. The van der Waals surface area contributed by atoms with Gasteiger partial charge in [-0.25, -0.2) is 4.98 Å². The largest absolute Gasteiger partial charge is 0.495 e. The number of hydrogen-bond acceptors (Lipinski definition) is 5. The highest BCUT2D eigenvalue weighted by Gasteiger charge is 2.22. The predicted octanol–water partition coefficient (Wildman–Crippen LogP) is 3.41. The molecule has 0 saturated carbocycles. The molecule has 2 heterocycles. The lowest BCUT2D eigenvalue weighted by Gasteiger charge is -2.36. The summed E-state index contributed by atoms with van der Waals surface area (Å²) in [6.07, 6.45) is 4.17. The van der Waals surface area contributed by atoms with Crippen LogP contribution in [0.3, 0.4) is 0 Å². The van der Waals surface area contributed by atoms with Crippen molar-refractivity contribution in [2.24, 2.45) is 4.99 Å². The van der Waals surface area contributed by atoms with Crippen molar-refractivity contribution in [1.82, 2.24) is 15.6 Å². The number of methoxy groups -OCH3 is 1. The first-order valence-electron chi connectivity index (χ1n) is 8.96. The van der Waals surface area contributed by atoms with Crippen LogP contribution in [0.1, 0.15) is 22.7 Å². The van der Waals surface area contributed by atoms with Crippen LogP contribution in [0.2, 0.25) is 0 Å². The summed E-state index contributed by atoms with van der Waals surface area (Å²) in [5, 5.41) is 7.99. The molecule has 3 rings (SSSR count). The number of piperidine rings is 1. The minimum absolute atomic E-state index is 0. The zero-order valence-corrected chi connectivity index (χ0v) is 19.2. The Morgan fingerprint density at radius 1 is 1.41 bits per heavy atom. The third kappa shape index (κ3) is 5.97. The standard InChI is InChI=1S/C19H27N5OS.HI/c1-14-11-21-18(26-14)12-22-19(20-2)23-15-7-6-10-24(13-15)16-8-4-5-9-17(16)25-3;/h4-5,8-9,11,15H,6-7,10,12-13H2,1-3H3,(H2,20,22,23);1H. The second-order valence-electron chi connectivity index (χ2n) is 6.39. The lowest BCUT2D eigenvalue weighted by atomic mass is 10.0. The van der Waals surface area contributed by atoms with Crippen molar-refractivity contribution in [3.8, 4) is 5.75 Å². The molecule has 0 aliphatic carbocycles. The van der Waals surface area contributed by atoms with Gasteiger partial charge in [-0.3, -0.25) is 4.99 Å². The van der Waals surface area contributed by atoms with Crippen LogP contribution in [0, 0.1) is 6.92 Å². The number of aliphatic imine (C=N–C) groups is 1. The second kappa shape index (κ2) is 10.7. The number of ether oxygens (including phenoxy) is 1. The fourth-order valence-corrected chi connectivity index (χ4v) is 3.96. The molecule has 1 unspecified atom stereocenters. The number of rotatable bonds is 5. The average Bonchev–Trinajstić information content (AvgIpc) is 3.10. The Kier molecular flexibility index (Phi) is 8.62. The third-order valence-electron chi connectivity index (χ3n) is 4.49. The van der Waals surface area contributed by atoms with Crippen molar-refractivity contribution in [2.45, 2.75) is 32.4 Å². The molecule has 27 heavy (non-hydrogen) atoms. The van der Waals surface area contributed by atoms with Crippen LogP contribution in [0.4, 0.5) is 5.69 Å². The molecule has 1 atom stereocenters. The number of aryl methyl sites for hydroxylation is 1. The zero-order valence-electron chi connectivity index (χ0n) is 16.1. The molecule has 0 radical (unpaired) electrons. The van der Waals surface area contributed by atoms with Crippen LogP contribution in [-0.4, -0.2) is 44.2 Å². The van der Waals surface area contributed by atoms with E-state index in [9.17, 15) is 0 Å². The Balaban J connectivity index is 0.00000261. The maximum atomic E-state index is 5.52. The third-order valence-corrected chi connectivity index (χ3v) is 5.40. The van der Waals surface area contributed by atoms with Gasteiger partial charge in [0.1, 0.15) is 10.8 Å². The van der Waals surface area contributed by atoms with Gasteiger partial charge in [-0.15, -0.1) is 35.3 Å². The van der Waals surface area contributed by atoms with E-state index in [-0.39, 0.29) is 24.0 Å². The van der Waals surface area contributed by atoms with E-state index in [1.54, 1.807) is 18.4 Å². The van der Waals surface area contributed by atoms with Crippen LogP contribution < -0.4 is 20.3 Å². The molecule has 1 aliphatic heterocycles. The molecule has 1 aromatic carbocycles. The number of guanidine groups is 1. The topological polar surface area (TPSA) is 61.8 Å². The quantitative estimate of drug-likeness (QED) is 0.374. The van der Waals surface area contributed by atoms with Gasteiger partial charge in [-0.1, -0.05) is 12.1 Å². The summed E-state index contributed by atoms with van der Waals surface area (Å²) in [4.78, 5) is 12.4. The molecule has 1 saturated heterocycles. The van der Waals surface area contributed by atoms with Gasteiger partial charge in [0.2, 0.25) is 0 Å². The molecule has 8 heteroatoms. The first kappa shape index (κ1) is 21.7. The highest BCUT2D eigenvalue weighted by atomic mass is 127. The summed E-state index contributed by atoms with van der Waals surface area (Å²) in [5.74, 6) is 1.75. The van der Waals surface area contributed by atoms with Gasteiger partial charge < -0.3 is 20.3 Å². The monoisotopic (exact) mass is 501 g/mol. The van der Waals surface area contributed by atoms with Gasteiger partial charge in [0.15, 0.2) is 5.96 Å². The van der Waals surface area contributed by atoms with Crippen LogP contribution in [0.25, 0.3) is 0 Å². The molecule has 1 aliphatic rings. The molecule has 0 amide bonds. The number of anilines is 1. The zero-order chi connectivity index (χ0) is 18.4. The van der Waals surface area contributed by atoms with Crippen molar-refractivity contribution in [3.63, 3.8) is 0 Å². The maximum absolute atomic E-state index is 5.52. The number of para-hydroxylation sites is 2. The van der Waals surface area contributed by atoms with E-state index in [2.05, 4.69) is 44.6 Å². The minimum Gasteiger partial charge on any atom is -0.495 e. The van der Waals surface area contributed by atoms with E-state index < -0.39 is 0 Å². The molecule has 0 spiro atoms. The number of aromatic nitrogens is 1. The molecule has 0 bridgehead atoms.